The number of methoxy groups -OCH3 is 1. The highest BCUT2D eigenvalue weighted by Gasteiger charge is 2.04. The van der Waals surface area contributed by atoms with Gasteiger partial charge in [-0.2, -0.15) is 0 Å². The fourth-order valence-corrected chi connectivity index (χ4v) is 0.520. The Balaban J connectivity index is 3.47. The molecule has 0 unspecified atom stereocenters. The van der Waals surface area contributed by atoms with Crippen LogP contribution in [-0.2, 0) is 4.74 Å². The minimum atomic E-state index is -0.249. The molecule has 66 valence electrons. The highest BCUT2D eigenvalue weighted by molar-refractivity contribution is 5.73. The standard InChI is InChI=1S/C6H14N2O3/c1-8(3-4-9)6(10)7-5-11-2/h9H,3-5H2,1-2H3,(H,7,10). The number of aliphatic hydroxyl groups is 1. The second-order valence-electron chi connectivity index (χ2n) is 2.06. The Morgan fingerprint density at radius 3 is 2.82 bits per heavy atom. The van der Waals surface area contributed by atoms with E-state index in [1.54, 1.807) is 7.05 Å². The topological polar surface area (TPSA) is 61.8 Å². The van der Waals surface area contributed by atoms with Gasteiger partial charge in [0.25, 0.3) is 0 Å². The molecule has 0 aliphatic heterocycles. The molecule has 0 fully saturated rings. The van der Waals surface area contributed by atoms with Crippen molar-refractivity contribution in [3.05, 3.63) is 0 Å². The molecule has 0 atom stereocenters. The van der Waals surface area contributed by atoms with Crippen molar-refractivity contribution in [2.45, 2.75) is 0 Å². The van der Waals surface area contributed by atoms with Gasteiger partial charge >= 0.3 is 6.03 Å². The number of hydrogen-bond donors (Lipinski definition) is 2. The van der Waals surface area contributed by atoms with Crippen LogP contribution in [0.3, 0.4) is 0 Å². The third-order valence-electron chi connectivity index (χ3n) is 1.15. The molecule has 0 rings (SSSR count). The highest BCUT2D eigenvalue weighted by Crippen LogP contribution is 1.81. The van der Waals surface area contributed by atoms with E-state index < -0.39 is 0 Å². The zero-order valence-electron chi connectivity index (χ0n) is 6.83. The third-order valence-corrected chi connectivity index (χ3v) is 1.15. The summed E-state index contributed by atoms with van der Waals surface area (Å²) >= 11 is 0. The number of nitrogens with one attached hydrogen (secondary N) is 1. The minimum Gasteiger partial charge on any atom is -0.395 e. The molecule has 2 amide bonds. The fourth-order valence-electron chi connectivity index (χ4n) is 0.520. The van der Waals surface area contributed by atoms with Crippen molar-refractivity contribution in [2.75, 3.05) is 34.0 Å². The van der Waals surface area contributed by atoms with Gasteiger partial charge in [-0.25, -0.2) is 4.79 Å². The minimum absolute atomic E-state index is 0.0309. The number of hydrogen-bond acceptors (Lipinski definition) is 3. The molecule has 0 spiro atoms. The molecule has 0 aromatic carbocycles. The summed E-state index contributed by atoms with van der Waals surface area (Å²) in [4.78, 5) is 12.3. The first-order valence-electron chi connectivity index (χ1n) is 3.31. The first-order valence-corrected chi connectivity index (χ1v) is 3.31. The van der Waals surface area contributed by atoms with E-state index in [1.165, 1.54) is 12.0 Å². The molecule has 5 heteroatoms. The first-order chi connectivity index (χ1) is 5.22. The van der Waals surface area contributed by atoms with Crippen molar-refractivity contribution < 1.29 is 14.6 Å². The number of rotatable bonds is 4. The Morgan fingerprint density at radius 1 is 1.73 bits per heavy atom. The zero-order chi connectivity index (χ0) is 8.69. The predicted octanol–water partition coefficient (Wildman–Crippen LogP) is -0.776. The molecule has 0 radical (unpaired) electrons. The van der Waals surface area contributed by atoms with Crippen LogP contribution in [0, 0.1) is 0 Å². The van der Waals surface area contributed by atoms with Crippen LogP contribution in [0.4, 0.5) is 4.79 Å². The van der Waals surface area contributed by atoms with Gasteiger partial charge in [-0.3, -0.25) is 0 Å². The van der Waals surface area contributed by atoms with Gasteiger partial charge in [-0.1, -0.05) is 0 Å². The van der Waals surface area contributed by atoms with E-state index in [9.17, 15) is 4.79 Å². The third kappa shape index (κ3) is 4.58. The van der Waals surface area contributed by atoms with Gasteiger partial charge in [0.2, 0.25) is 0 Å². The second-order valence-corrected chi connectivity index (χ2v) is 2.06. The lowest BCUT2D eigenvalue weighted by Gasteiger charge is -2.15. The van der Waals surface area contributed by atoms with Crippen molar-refractivity contribution in [2.24, 2.45) is 0 Å². The van der Waals surface area contributed by atoms with Gasteiger partial charge in [-0.15, -0.1) is 0 Å². The van der Waals surface area contributed by atoms with Crippen molar-refractivity contribution in [1.82, 2.24) is 10.2 Å². The summed E-state index contributed by atoms with van der Waals surface area (Å²) in [6.45, 7) is 0.487. The summed E-state index contributed by atoms with van der Waals surface area (Å²) in [6.07, 6.45) is 0. The Labute approximate surface area is 65.9 Å². The van der Waals surface area contributed by atoms with E-state index in [0.29, 0.717) is 6.54 Å². The molecule has 0 saturated carbocycles. The average molecular weight is 162 g/mol. The van der Waals surface area contributed by atoms with Gasteiger partial charge in [0, 0.05) is 20.7 Å². The molecular formula is C6H14N2O3. The molecule has 0 heterocycles. The molecule has 0 bridgehead atoms. The lowest BCUT2D eigenvalue weighted by atomic mass is 10.6. The molecular weight excluding hydrogens is 148 g/mol. The molecule has 2 N–H and O–H groups in total. The largest absolute Gasteiger partial charge is 0.395 e. The van der Waals surface area contributed by atoms with Crippen LogP contribution >= 0.6 is 0 Å². The van der Waals surface area contributed by atoms with E-state index in [-0.39, 0.29) is 19.4 Å². The van der Waals surface area contributed by atoms with Crippen LogP contribution in [-0.4, -0.2) is 50.1 Å². The Hall–Kier alpha value is -0.810. The molecule has 11 heavy (non-hydrogen) atoms. The number of aliphatic hydroxyl groups excluding tert-OH is 1. The number of amides is 2. The van der Waals surface area contributed by atoms with Gasteiger partial charge in [0.1, 0.15) is 6.73 Å². The lowest BCUT2D eigenvalue weighted by molar-refractivity contribution is 0.152. The monoisotopic (exact) mass is 162 g/mol. The Morgan fingerprint density at radius 2 is 2.36 bits per heavy atom. The highest BCUT2D eigenvalue weighted by atomic mass is 16.5. The summed E-state index contributed by atoms with van der Waals surface area (Å²) in [5.74, 6) is 0. The number of urea groups is 1. The SMILES string of the molecule is COCNC(=O)N(C)CCO. The second kappa shape index (κ2) is 5.94. The zero-order valence-corrected chi connectivity index (χ0v) is 6.83. The Kier molecular flexibility index (Phi) is 5.50. The lowest BCUT2D eigenvalue weighted by Crippen LogP contribution is -2.39. The molecule has 0 aromatic heterocycles. The summed E-state index contributed by atoms with van der Waals surface area (Å²) in [5.41, 5.74) is 0. The van der Waals surface area contributed by atoms with Crippen LogP contribution in [0.5, 0.6) is 0 Å². The normalized spacial score (nSPS) is 9.36. The van der Waals surface area contributed by atoms with E-state index in [1.807, 2.05) is 0 Å². The maximum Gasteiger partial charge on any atom is 0.319 e. The van der Waals surface area contributed by atoms with Crippen LogP contribution in [0.2, 0.25) is 0 Å². The molecule has 0 saturated heterocycles. The quantitative estimate of drug-likeness (QED) is 0.533. The summed E-state index contributed by atoms with van der Waals surface area (Å²) in [7, 11) is 3.09. The van der Waals surface area contributed by atoms with Gasteiger partial charge in [0.15, 0.2) is 0 Å². The van der Waals surface area contributed by atoms with E-state index >= 15 is 0 Å². The van der Waals surface area contributed by atoms with Crippen LogP contribution in [0.1, 0.15) is 0 Å². The fraction of sp³-hybridized carbons (Fsp3) is 0.833. The molecule has 0 aromatic rings. The smallest absolute Gasteiger partial charge is 0.319 e. The average Bonchev–Trinajstić information content (AvgIpc) is 2.00. The number of ether oxygens (including phenoxy) is 1. The van der Waals surface area contributed by atoms with Crippen molar-refractivity contribution in [3.63, 3.8) is 0 Å². The molecule has 0 aliphatic rings. The van der Waals surface area contributed by atoms with Crippen molar-refractivity contribution >= 4 is 6.03 Å². The van der Waals surface area contributed by atoms with E-state index in [0.717, 1.165) is 0 Å². The number of carbonyl (C=O) groups excluding carboxylic acids is 1. The molecule has 0 aliphatic carbocycles. The summed E-state index contributed by atoms with van der Waals surface area (Å²) < 4.78 is 4.62. The van der Waals surface area contributed by atoms with Crippen LogP contribution in [0.15, 0.2) is 0 Å². The van der Waals surface area contributed by atoms with Gasteiger partial charge < -0.3 is 20.1 Å². The van der Waals surface area contributed by atoms with Crippen LogP contribution < -0.4 is 5.32 Å². The molecule has 5 nitrogen and oxygen atoms in total. The summed E-state index contributed by atoms with van der Waals surface area (Å²) in [6, 6.07) is -0.249. The van der Waals surface area contributed by atoms with Crippen LogP contribution in [0.25, 0.3) is 0 Å². The predicted molar refractivity (Wildman–Crippen MR) is 40.1 cm³/mol. The first kappa shape index (κ1) is 10.2. The number of likely N-dealkylation sites (N-methyl/N-ethyl adjacent to an activating group) is 1. The van der Waals surface area contributed by atoms with Gasteiger partial charge in [0.05, 0.1) is 6.61 Å². The maximum atomic E-state index is 10.9. The maximum absolute atomic E-state index is 10.9. The van der Waals surface area contributed by atoms with E-state index in [2.05, 4.69) is 10.1 Å². The number of carbonyl (C=O) groups is 1. The van der Waals surface area contributed by atoms with Gasteiger partial charge in [-0.05, 0) is 0 Å². The Bertz CT molecular complexity index is 118. The number of nitrogens with zero attached hydrogens (tertiary/aromatic N) is 1. The van der Waals surface area contributed by atoms with E-state index in [4.69, 9.17) is 5.11 Å². The summed E-state index contributed by atoms with van der Waals surface area (Å²) in [5, 5.41) is 10.9. The van der Waals surface area contributed by atoms with Crippen molar-refractivity contribution in [3.8, 4) is 0 Å². The van der Waals surface area contributed by atoms with Crippen molar-refractivity contribution in [1.29, 1.82) is 0 Å².